The minimum atomic E-state index is -0.840. The summed E-state index contributed by atoms with van der Waals surface area (Å²) in [4.78, 5) is 29.4. The van der Waals surface area contributed by atoms with E-state index in [4.69, 9.17) is 0 Å². The standard InChI is InChI=1S/C28H36F2N4O3S/c29-22-8-4-5-19(25(22)30)11-14-31-16-13-24(36)34(21-6-2-1-3-7-21)18-17-32-15-12-20-9-10-23(35)26-27(20)38-28(37)33-26/h4-5,8-10,21,31-32,35H,1-3,6-7,11-18H2,(H,33,37). The number of aromatic amines is 1. The maximum absolute atomic E-state index is 13.8. The van der Waals surface area contributed by atoms with Crippen molar-refractivity contribution in [2.45, 2.75) is 57.4 Å². The Bertz CT molecular complexity index is 1270. The summed E-state index contributed by atoms with van der Waals surface area (Å²) in [5.41, 5.74) is 1.82. The highest BCUT2D eigenvalue weighted by molar-refractivity contribution is 7.16. The summed E-state index contributed by atoms with van der Waals surface area (Å²) in [6, 6.07) is 7.89. The molecule has 0 bridgehead atoms. The van der Waals surface area contributed by atoms with E-state index >= 15 is 0 Å². The normalized spacial score (nSPS) is 14.3. The van der Waals surface area contributed by atoms with E-state index < -0.39 is 11.6 Å². The highest BCUT2D eigenvalue weighted by Gasteiger charge is 2.24. The van der Waals surface area contributed by atoms with Gasteiger partial charge in [-0.05, 0) is 62.0 Å². The molecule has 38 heavy (non-hydrogen) atoms. The first-order valence-corrected chi connectivity index (χ1v) is 14.2. The van der Waals surface area contributed by atoms with Crippen molar-refractivity contribution in [1.82, 2.24) is 20.5 Å². The molecule has 1 aromatic heterocycles. The van der Waals surface area contributed by atoms with Crippen molar-refractivity contribution in [3.8, 4) is 5.75 Å². The van der Waals surface area contributed by atoms with E-state index in [1.165, 1.54) is 12.5 Å². The van der Waals surface area contributed by atoms with Gasteiger partial charge in [-0.1, -0.05) is 48.8 Å². The summed E-state index contributed by atoms with van der Waals surface area (Å²) < 4.78 is 28.0. The topological polar surface area (TPSA) is 97.5 Å². The Morgan fingerprint density at radius 2 is 1.74 bits per heavy atom. The number of hydrogen-bond acceptors (Lipinski definition) is 6. The number of nitrogens with zero attached hydrogens (tertiary/aromatic N) is 1. The van der Waals surface area contributed by atoms with Crippen LogP contribution in [0.3, 0.4) is 0 Å². The van der Waals surface area contributed by atoms with Crippen LogP contribution in [0.1, 0.15) is 49.7 Å². The Morgan fingerprint density at radius 1 is 1.00 bits per heavy atom. The van der Waals surface area contributed by atoms with Gasteiger partial charge in [-0.2, -0.15) is 0 Å². The van der Waals surface area contributed by atoms with Crippen LogP contribution >= 0.6 is 11.3 Å². The molecule has 1 saturated carbocycles. The van der Waals surface area contributed by atoms with Crippen molar-refractivity contribution in [3.05, 3.63) is 62.8 Å². The van der Waals surface area contributed by atoms with Crippen molar-refractivity contribution in [2.75, 3.05) is 32.7 Å². The fraction of sp³-hybridized carbons (Fsp3) is 0.500. The molecule has 0 saturated heterocycles. The van der Waals surface area contributed by atoms with Gasteiger partial charge in [-0.25, -0.2) is 8.78 Å². The highest BCUT2D eigenvalue weighted by atomic mass is 32.1. The first-order chi connectivity index (χ1) is 18.4. The maximum Gasteiger partial charge on any atom is 0.305 e. The van der Waals surface area contributed by atoms with Gasteiger partial charge in [0.2, 0.25) is 5.91 Å². The minimum absolute atomic E-state index is 0.0762. The lowest BCUT2D eigenvalue weighted by Gasteiger charge is -2.34. The van der Waals surface area contributed by atoms with E-state index in [-0.39, 0.29) is 22.6 Å². The predicted molar refractivity (Wildman–Crippen MR) is 147 cm³/mol. The molecule has 4 rings (SSSR count). The van der Waals surface area contributed by atoms with Crippen molar-refractivity contribution in [2.24, 2.45) is 0 Å². The fourth-order valence-corrected chi connectivity index (χ4v) is 6.05. The third kappa shape index (κ3) is 7.39. The Labute approximate surface area is 225 Å². The molecule has 1 heterocycles. The maximum atomic E-state index is 13.8. The van der Waals surface area contributed by atoms with Gasteiger partial charge in [0.1, 0.15) is 11.3 Å². The number of amides is 1. The molecular formula is C28H36F2N4O3S. The number of H-pyrrole nitrogens is 1. The van der Waals surface area contributed by atoms with Crippen LogP contribution in [0.4, 0.5) is 8.78 Å². The molecule has 0 unspecified atom stereocenters. The number of phenols is 1. The number of aromatic hydroxyl groups is 1. The predicted octanol–water partition coefficient (Wildman–Crippen LogP) is 4.09. The lowest BCUT2D eigenvalue weighted by Crippen LogP contribution is -2.45. The van der Waals surface area contributed by atoms with Crippen LogP contribution in [-0.2, 0) is 17.6 Å². The smallest absolute Gasteiger partial charge is 0.305 e. The largest absolute Gasteiger partial charge is 0.506 e. The van der Waals surface area contributed by atoms with Gasteiger partial charge in [-0.3, -0.25) is 9.59 Å². The van der Waals surface area contributed by atoms with Gasteiger partial charge >= 0.3 is 4.87 Å². The SMILES string of the molecule is O=C(CCNCCc1cccc(F)c1F)N(CCNCCc1ccc(O)c2[nH]c(=O)sc12)C1CCCCC1. The number of aromatic nitrogens is 1. The summed E-state index contributed by atoms with van der Waals surface area (Å²) in [5.74, 6) is -1.46. The molecule has 0 radical (unpaired) electrons. The van der Waals surface area contributed by atoms with Gasteiger partial charge < -0.3 is 25.6 Å². The summed E-state index contributed by atoms with van der Waals surface area (Å²) in [7, 11) is 0. The highest BCUT2D eigenvalue weighted by Crippen LogP contribution is 2.28. The third-order valence-corrected chi connectivity index (χ3v) is 8.15. The van der Waals surface area contributed by atoms with Gasteiger partial charge in [0.25, 0.3) is 0 Å². The molecule has 206 valence electrons. The van der Waals surface area contributed by atoms with Gasteiger partial charge in [-0.15, -0.1) is 0 Å². The van der Waals surface area contributed by atoms with Crippen LogP contribution in [0, 0.1) is 11.6 Å². The number of carbonyl (C=O) groups is 1. The first kappa shape index (κ1) is 28.2. The average molecular weight is 547 g/mol. The van der Waals surface area contributed by atoms with Crippen LogP contribution in [0.25, 0.3) is 10.2 Å². The van der Waals surface area contributed by atoms with E-state index in [1.54, 1.807) is 12.1 Å². The second-order valence-electron chi connectivity index (χ2n) is 9.80. The molecule has 3 aromatic rings. The van der Waals surface area contributed by atoms with Crippen LogP contribution in [0.5, 0.6) is 5.75 Å². The Hall–Kier alpha value is -2.82. The molecule has 0 atom stereocenters. The number of rotatable bonds is 13. The molecule has 10 heteroatoms. The summed E-state index contributed by atoms with van der Waals surface area (Å²) in [6.45, 7) is 2.94. The lowest BCUT2D eigenvalue weighted by atomic mass is 9.94. The monoisotopic (exact) mass is 546 g/mol. The zero-order chi connectivity index (χ0) is 26.9. The molecule has 1 amide bonds. The zero-order valence-corrected chi connectivity index (χ0v) is 22.3. The van der Waals surface area contributed by atoms with E-state index in [1.807, 2.05) is 11.0 Å². The third-order valence-electron chi connectivity index (χ3n) is 7.19. The van der Waals surface area contributed by atoms with Gasteiger partial charge in [0.15, 0.2) is 11.6 Å². The summed E-state index contributed by atoms with van der Waals surface area (Å²) >= 11 is 1.10. The number of halogens is 2. The van der Waals surface area contributed by atoms with Gasteiger partial charge in [0, 0.05) is 32.1 Å². The van der Waals surface area contributed by atoms with Crippen LogP contribution < -0.4 is 15.5 Å². The molecule has 1 fully saturated rings. The quantitative estimate of drug-likeness (QED) is 0.242. The lowest BCUT2D eigenvalue weighted by molar-refractivity contribution is -0.134. The van der Waals surface area contributed by atoms with E-state index in [0.717, 1.165) is 53.3 Å². The number of nitrogens with one attached hydrogen (secondary N) is 3. The molecule has 2 aromatic carbocycles. The Kier molecular flexibility index (Phi) is 10.3. The molecule has 0 aliphatic heterocycles. The van der Waals surface area contributed by atoms with Crippen molar-refractivity contribution < 1.29 is 18.7 Å². The number of phenolic OH excluding ortho intramolecular Hbond substituents is 1. The van der Waals surface area contributed by atoms with Crippen LogP contribution in [0.2, 0.25) is 0 Å². The van der Waals surface area contributed by atoms with Crippen LogP contribution in [-0.4, -0.2) is 59.7 Å². The number of thiazole rings is 1. The Morgan fingerprint density at radius 3 is 2.53 bits per heavy atom. The van der Waals surface area contributed by atoms with E-state index in [9.17, 15) is 23.5 Å². The first-order valence-electron chi connectivity index (χ1n) is 13.4. The molecule has 4 N–H and O–H groups in total. The van der Waals surface area contributed by atoms with E-state index in [2.05, 4.69) is 15.6 Å². The molecular weight excluding hydrogens is 510 g/mol. The van der Waals surface area contributed by atoms with Crippen molar-refractivity contribution in [1.29, 1.82) is 0 Å². The van der Waals surface area contributed by atoms with E-state index in [0.29, 0.717) is 63.1 Å². The van der Waals surface area contributed by atoms with Crippen molar-refractivity contribution in [3.63, 3.8) is 0 Å². The number of carbonyl (C=O) groups excluding carboxylic acids is 1. The molecule has 7 nitrogen and oxygen atoms in total. The average Bonchev–Trinajstić information content (AvgIpc) is 3.32. The number of benzene rings is 2. The number of fused-ring (bicyclic) bond motifs is 1. The number of hydrogen-bond donors (Lipinski definition) is 4. The fourth-order valence-electron chi connectivity index (χ4n) is 5.15. The second-order valence-corrected chi connectivity index (χ2v) is 10.8. The van der Waals surface area contributed by atoms with Crippen molar-refractivity contribution >= 4 is 27.5 Å². The second kappa shape index (κ2) is 13.8. The molecule has 1 aliphatic rings. The molecule has 1 aliphatic carbocycles. The molecule has 0 spiro atoms. The zero-order valence-electron chi connectivity index (χ0n) is 21.5. The van der Waals surface area contributed by atoms with Gasteiger partial charge in [0.05, 0.1) is 4.70 Å². The summed E-state index contributed by atoms with van der Waals surface area (Å²) in [5, 5.41) is 16.6. The van der Waals surface area contributed by atoms with Crippen LogP contribution in [0.15, 0.2) is 35.1 Å². The summed E-state index contributed by atoms with van der Waals surface area (Å²) in [6.07, 6.45) is 6.96. The minimum Gasteiger partial charge on any atom is -0.506 e. The Balaban J connectivity index is 1.22.